The Morgan fingerprint density at radius 1 is 1.55 bits per heavy atom. The molecule has 122 valence electrons. The highest BCUT2D eigenvalue weighted by Crippen LogP contribution is 2.21. The van der Waals surface area contributed by atoms with Crippen molar-refractivity contribution < 1.29 is 19.6 Å². The van der Waals surface area contributed by atoms with Crippen LogP contribution in [-0.4, -0.2) is 37.0 Å². The van der Waals surface area contributed by atoms with Crippen LogP contribution in [0.2, 0.25) is 0 Å². The van der Waals surface area contributed by atoms with Gasteiger partial charge in [-0.05, 0) is 22.7 Å². The quantitative estimate of drug-likeness (QED) is 0.573. The van der Waals surface area contributed by atoms with Crippen LogP contribution in [0, 0.1) is 23.0 Å². The first-order chi connectivity index (χ1) is 10.0. The SMILES string of the molecule is Cc1nc([N+](=O)[O-])cn1CC(=O)NC(C)(CC(=O)O)C(C)C. The first-order valence-electron chi connectivity index (χ1n) is 6.76. The van der Waals surface area contributed by atoms with Crippen molar-refractivity contribution in [3.63, 3.8) is 0 Å². The lowest BCUT2D eigenvalue weighted by atomic mass is 9.85. The van der Waals surface area contributed by atoms with Gasteiger partial charge in [0.25, 0.3) is 0 Å². The number of carboxylic acids is 1. The molecule has 1 unspecified atom stereocenters. The minimum Gasteiger partial charge on any atom is -0.481 e. The van der Waals surface area contributed by atoms with Crippen molar-refractivity contribution in [1.29, 1.82) is 0 Å². The zero-order valence-electron chi connectivity index (χ0n) is 13.0. The predicted molar refractivity (Wildman–Crippen MR) is 77.3 cm³/mol. The molecule has 1 rings (SSSR count). The zero-order valence-corrected chi connectivity index (χ0v) is 13.0. The maximum atomic E-state index is 12.1. The number of aromatic nitrogens is 2. The number of hydrogen-bond donors (Lipinski definition) is 2. The van der Waals surface area contributed by atoms with Crippen LogP contribution in [-0.2, 0) is 16.1 Å². The highest BCUT2D eigenvalue weighted by molar-refractivity contribution is 5.78. The topological polar surface area (TPSA) is 127 Å². The van der Waals surface area contributed by atoms with E-state index < -0.39 is 22.3 Å². The van der Waals surface area contributed by atoms with E-state index >= 15 is 0 Å². The Labute approximate surface area is 127 Å². The molecule has 0 aliphatic heterocycles. The van der Waals surface area contributed by atoms with Crippen molar-refractivity contribution >= 4 is 17.7 Å². The van der Waals surface area contributed by atoms with Crippen LogP contribution >= 0.6 is 0 Å². The maximum Gasteiger partial charge on any atom is 0.381 e. The minimum atomic E-state index is -1.01. The summed E-state index contributed by atoms with van der Waals surface area (Å²) in [5.41, 5.74) is -0.899. The van der Waals surface area contributed by atoms with Gasteiger partial charge in [0.15, 0.2) is 0 Å². The number of carbonyl (C=O) groups is 2. The molecule has 1 atom stereocenters. The van der Waals surface area contributed by atoms with Gasteiger partial charge in [-0.3, -0.25) is 14.2 Å². The van der Waals surface area contributed by atoms with Crippen molar-refractivity contribution in [2.45, 2.75) is 46.2 Å². The van der Waals surface area contributed by atoms with E-state index in [-0.39, 0.29) is 24.7 Å². The van der Waals surface area contributed by atoms with Gasteiger partial charge < -0.3 is 20.5 Å². The van der Waals surface area contributed by atoms with Crippen molar-refractivity contribution in [2.75, 3.05) is 0 Å². The Hall–Kier alpha value is -2.45. The van der Waals surface area contributed by atoms with E-state index in [0.717, 1.165) is 0 Å². The molecule has 0 fully saturated rings. The summed E-state index contributed by atoms with van der Waals surface area (Å²) in [4.78, 5) is 36.8. The number of nitro groups is 1. The first kappa shape index (κ1) is 17.6. The predicted octanol–water partition coefficient (Wildman–Crippen LogP) is 1.11. The summed E-state index contributed by atoms with van der Waals surface area (Å²) in [6.07, 6.45) is 0.971. The second-order valence-corrected chi connectivity index (χ2v) is 5.72. The molecule has 0 aliphatic rings. The van der Waals surface area contributed by atoms with Crippen molar-refractivity contribution in [3.05, 3.63) is 22.1 Å². The van der Waals surface area contributed by atoms with E-state index in [1.807, 2.05) is 13.8 Å². The Bertz CT molecular complexity index is 595. The summed E-state index contributed by atoms with van der Waals surface area (Å²) in [6.45, 7) is 6.69. The molecule has 2 N–H and O–H groups in total. The third-order valence-electron chi connectivity index (χ3n) is 3.68. The number of imidazole rings is 1. The van der Waals surface area contributed by atoms with E-state index in [1.165, 1.54) is 10.8 Å². The van der Waals surface area contributed by atoms with Gasteiger partial charge in [-0.25, -0.2) is 0 Å². The van der Waals surface area contributed by atoms with Crippen molar-refractivity contribution in [1.82, 2.24) is 14.9 Å². The summed E-state index contributed by atoms with van der Waals surface area (Å²) in [6, 6.07) is 0. The highest BCUT2D eigenvalue weighted by Gasteiger charge is 2.33. The van der Waals surface area contributed by atoms with E-state index in [2.05, 4.69) is 10.3 Å². The number of aryl methyl sites for hydroxylation is 1. The van der Waals surface area contributed by atoms with E-state index in [0.29, 0.717) is 5.82 Å². The van der Waals surface area contributed by atoms with Crippen molar-refractivity contribution in [2.24, 2.45) is 5.92 Å². The second kappa shape index (κ2) is 6.54. The Morgan fingerprint density at radius 2 is 2.14 bits per heavy atom. The lowest BCUT2D eigenvalue weighted by Gasteiger charge is -2.33. The number of nitrogens with zero attached hydrogens (tertiary/aromatic N) is 3. The zero-order chi connectivity index (χ0) is 17.1. The molecule has 1 aromatic heterocycles. The van der Waals surface area contributed by atoms with Gasteiger partial charge in [-0.2, -0.15) is 0 Å². The normalized spacial score (nSPS) is 13.7. The van der Waals surface area contributed by atoms with E-state index in [4.69, 9.17) is 5.11 Å². The smallest absolute Gasteiger partial charge is 0.381 e. The molecule has 0 saturated heterocycles. The third kappa shape index (κ3) is 4.27. The number of nitrogens with one attached hydrogen (secondary N) is 1. The number of amides is 1. The number of rotatable bonds is 7. The molecule has 1 amide bonds. The van der Waals surface area contributed by atoms with Crippen LogP contribution < -0.4 is 5.32 Å². The van der Waals surface area contributed by atoms with Gasteiger partial charge >= 0.3 is 11.8 Å². The molecular weight excluding hydrogens is 292 g/mol. The summed E-state index contributed by atoms with van der Waals surface area (Å²) < 4.78 is 1.36. The third-order valence-corrected chi connectivity index (χ3v) is 3.68. The van der Waals surface area contributed by atoms with Crippen LogP contribution in [0.5, 0.6) is 0 Å². The molecule has 1 aromatic rings. The Balaban J connectivity index is 2.84. The van der Waals surface area contributed by atoms with Gasteiger partial charge in [0.1, 0.15) is 12.7 Å². The van der Waals surface area contributed by atoms with Crippen LogP contribution in [0.4, 0.5) is 5.82 Å². The monoisotopic (exact) mass is 312 g/mol. The van der Waals surface area contributed by atoms with Crippen LogP contribution in [0.25, 0.3) is 0 Å². The molecule has 0 radical (unpaired) electrons. The summed E-state index contributed by atoms with van der Waals surface area (Å²) in [5, 5.41) is 22.3. The lowest BCUT2D eigenvalue weighted by molar-refractivity contribution is -0.389. The summed E-state index contributed by atoms with van der Waals surface area (Å²) in [5.74, 6) is -1.52. The van der Waals surface area contributed by atoms with E-state index in [9.17, 15) is 19.7 Å². The number of carboxylic acid groups (broad SMARTS) is 1. The fourth-order valence-corrected chi connectivity index (χ4v) is 1.96. The lowest BCUT2D eigenvalue weighted by Crippen LogP contribution is -2.52. The van der Waals surface area contributed by atoms with Crippen LogP contribution in [0.3, 0.4) is 0 Å². The molecule has 0 spiro atoms. The fraction of sp³-hybridized carbons (Fsp3) is 0.615. The van der Waals surface area contributed by atoms with Gasteiger partial charge in [0.05, 0.1) is 12.0 Å². The van der Waals surface area contributed by atoms with Gasteiger partial charge in [-0.1, -0.05) is 13.8 Å². The summed E-state index contributed by atoms with van der Waals surface area (Å²) >= 11 is 0. The minimum absolute atomic E-state index is 0.0919. The van der Waals surface area contributed by atoms with Gasteiger partial charge in [0.2, 0.25) is 11.7 Å². The van der Waals surface area contributed by atoms with E-state index in [1.54, 1.807) is 13.8 Å². The van der Waals surface area contributed by atoms with Crippen LogP contribution in [0.15, 0.2) is 6.20 Å². The Kier molecular flexibility index (Phi) is 5.23. The molecule has 0 saturated carbocycles. The average molecular weight is 312 g/mol. The molecule has 22 heavy (non-hydrogen) atoms. The number of aliphatic carboxylic acids is 1. The first-order valence-corrected chi connectivity index (χ1v) is 6.76. The molecule has 0 bridgehead atoms. The fourth-order valence-electron chi connectivity index (χ4n) is 1.96. The van der Waals surface area contributed by atoms with Gasteiger partial charge in [0, 0.05) is 6.92 Å². The standard InChI is InChI=1S/C13H20N4O5/c1-8(2)13(4,5-12(19)20)15-11(18)7-16-6-10(17(21)22)14-9(16)3/h6,8H,5,7H2,1-4H3,(H,15,18)(H,19,20). The molecule has 1 heterocycles. The molecule has 9 nitrogen and oxygen atoms in total. The Morgan fingerprint density at radius 3 is 2.55 bits per heavy atom. The molecule has 9 heteroatoms. The van der Waals surface area contributed by atoms with Crippen LogP contribution in [0.1, 0.15) is 33.0 Å². The second-order valence-electron chi connectivity index (χ2n) is 5.72. The largest absolute Gasteiger partial charge is 0.481 e. The van der Waals surface area contributed by atoms with Crippen molar-refractivity contribution in [3.8, 4) is 0 Å². The average Bonchev–Trinajstić information content (AvgIpc) is 2.69. The summed E-state index contributed by atoms with van der Waals surface area (Å²) in [7, 11) is 0. The van der Waals surface area contributed by atoms with Gasteiger partial charge in [-0.15, -0.1) is 0 Å². The molecule has 0 aromatic carbocycles. The molecule has 0 aliphatic carbocycles. The number of carbonyl (C=O) groups excluding carboxylic acids is 1. The maximum absolute atomic E-state index is 12.1. The molecular formula is C13H20N4O5. The number of hydrogen-bond acceptors (Lipinski definition) is 5. The highest BCUT2D eigenvalue weighted by atomic mass is 16.6.